The van der Waals surface area contributed by atoms with Gasteiger partial charge in [0, 0.05) is 11.7 Å². The summed E-state index contributed by atoms with van der Waals surface area (Å²) in [5.41, 5.74) is 5.09. The molecule has 1 aliphatic rings. The van der Waals surface area contributed by atoms with Crippen molar-refractivity contribution in [1.82, 2.24) is 0 Å². The lowest BCUT2D eigenvalue weighted by atomic mass is 9.56. The summed E-state index contributed by atoms with van der Waals surface area (Å²) >= 11 is 0. The Bertz CT molecular complexity index is 752. The quantitative estimate of drug-likeness (QED) is 0.777. The number of carbonyl (C=O) groups is 2. The first-order valence-corrected chi connectivity index (χ1v) is 8.91. The van der Waals surface area contributed by atoms with Crippen LogP contribution in [0.5, 0.6) is 0 Å². The van der Waals surface area contributed by atoms with Crippen molar-refractivity contribution in [1.29, 1.82) is 0 Å². The lowest BCUT2D eigenvalue weighted by molar-refractivity contribution is -0.138. The normalized spacial score (nSPS) is 14.0. The molecule has 0 heterocycles. The van der Waals surface area contributed by atoms with Gasteiger partial charge in [0.1, 0.15) is 0 Å². The third kappa shape index (κ3) is 3.53. The summed E-state index contributed by atoms with van der Waals surface area (Å²) < 4.78 is 0. The van der Waals surface area contributed by atoms with Gasteiger partial charge >= 0.3 is 0 Å². The van der Waals surface area contributed by atoms with Crippen molar-refractivity contribution in [3.8, 4) is 11.1 Å². The highest BCUT2D eigenvalue weighted by molar-refractivity contribution is 6.77. The van der Waals surface area contributed by atoms with Crippen LogP contribution in [0.25, 0.3) is 11.1 Å². The van der Waals surface area contributed by atoms with Crippen LogP contribution in [0.2, 0.25) is 5.82 Å². The average Bonchev–Trinajstić information content (AvgIpc) is 2.91. The van der Waals surface area contributed by atoms with Gasteiger partial charge in [-0.05, 0) is 41.0 Å². The molecular formula is C21H23BO3. The lowest BCUT2D eigenvalue weighted by Crippen LogP contribution is -2.26. The largest absolute Gasteiger partial charge is 0.482 e. The summed E-state index contributed by atoms with van der Waals surface area (Å²) in [7, 11) is 0.128. The summed E-state index contributed by atoms with van der Waals surface area (Å²) in [6, 6.07) is 16.7. The Kier molecular flexibility index (Phi) is 5.07. The van der Waals surface area contributed by atoms with E-state index in [1.165, 1.54) is 22.3 Å². The summed E-state index contributed by atoms with van der Waals surface area (Å²) in [4.78, 5) is 23.7. The first kappa shape index (κ1) is 17.5. The minimum atomic E-state index is -0.875. The fourth-order valence-electron chi connectivity index (χ4n) is 3.83. The van der Waals surface area contributed by atoms with E-state index in [4.69, 9.17) is 0 Å². The van der Waals surface area contributed by atoms with Gasteiger partial charge in [-0.15, -0.1) is 0 Å². The van der Waals surface area contributed by atoms with Crippen molar-refractivity contribution >= 4 is 18.9 Å². The zero-order valence-electron chi connectivity index (χ0n) is 14.7. The third-order valence-electron chi connectivity index (χ3n) is 5.24. The van der Waals surface area contributed by atoms with Gasteiger partial charge in [-0.2, -0.15) is 0 Å². The molecule has 0 bridgehead atoms. The van der Waals surface area contributed by atoms with Gasteiger partial charge in [0.05, 0.1) is 5.68 Å². The molecule has 0 spiro atoms. The molecule has 2 aromatic rings. The molecule has 1 unspecified atom stereocenters. The summed E-state index contributed by atoms with van der Waals surface area (Å²) in [6.45, 7) is 3.71. The van der Waals surface area contributed by atoms with Crippen LogP contribution >= 0.6 is 0 Å². The highest BCUT2D eigenvalue weighted by Crippen LogP contribution is 2.46. The van der Waals surface area contributed by atoms with E-state index in [1.807, 2.05) is 38.1 Å². The average molecular weight is 334 g/mol. The van der Waals surface area contributed by atoms with Crippen molar-refractivity contribution in [2.24, 2.45) is 5.92 Å². The van der Waals surface area contributed by atoms with Crippen molar-refractivity contribution < 1.29 is 14.7 Å². The zero-order chi connectivity index (χ0) is 18.0. The monoisotopic (exact) mass is 334 g/mol. The molecule has 3 nitrogen and oxygen atoms in total. The Morgan fingerprint density at radius 1 is 1.00 bits per heavy atom. The zero-order valence-corrected chi connectivity index (χ0v) is 14.7. The van der Waals surface area contributed by atoms with E-state index >= 15 is 0 Å². The molecule has 4 heteroatoms. The van der Waals surface area contributed by atoms with Gasteiger partial charge in [-0.3, -0.25) is 4.79 Å². The highest BCUT2D eigenvalue weighted by Gasteiger charge is 2.30. The van der Waals surface area contributed by atoms with E-state index in [-0.39, 0.29) is 24.8 Å². The Hall–Kier alpha value is -2.36. The first-order valence-electron chi connectivity index (χ1n) is 8.91. The van der Waals surface area contributed by atoms with E-state index in [0.717, 1.165) is 6.42 Å². The highest BCUT2D eigenvalue weighted by atomic mass is 16.4. The number of carboxylic acid groups (broad SMARTS) is 1. The van der Waals surface area contributed by atoms with Crippen LogP contribution in [0.4, 0.5) is 0 Å². The molecule has 2 aromatic carbocycles. The van der Waals surface area contributed by atoms with E-state index in [0.29, 0.717) is 6.42 Å². The van der Waals surface area contributed by atoms with Crippen LogP contribution in [0.3, 0.4) is 0 Å². The van der Waals surface area contributed by atoms with Gasteiger partial charge in [-0.25, -0.2) is 0 Å². The second-order valence-corrected chi connectivity index (χ2v) is 7.20. The van der Waals surface area contributed by atoms with Crippen LogP contribution in [0.1, 0.15) is 43.7 Å². The maximum Gasteiger partial charge on any atom is 0.299 e. The molecule has 3 rings (SSSR count). The summed E-state index contributed by atoms with van der Waals surface area (Å²) in [5.74, 6) is -1.27. The topological polar surface area (TPSA) is 54.4 Å². The van der Waals surface area contributed by atoms with Crippen molar-refractivity contribution in [2.45, 2.75) is 38.4 Å². The van der Waals surface area contributed by atoms with Crippen LogP contribution < -0.4 is 0 Å². The Balaban J connectivity index is 1.73. The second-order valence-electron chi connectivity index (χ2n) is 7.20. The number of benzene rings is 2. The fourth-order valence-corrected chi connectivity index (χ4v) is 3.83. The van der Waals surface area contributed by atoms with Crippen LogP contribution in [0, 0.1) is 5.92 Å². The number of carboxylic acids is 1. The molecule has 0 saturated carbocycles. The summed E-state index contributed by atoms with van der Waals surface area (Å²) in [6.07, 6.45) is 1.15. The fraction of sp³-hybridized carbons (Fsp3) is 0.333. The predicted molar refractivity (Wildman–Crippen MR) is 101 cm³/mol. The van der Waals surface area contributed by atoms with Gasteiger partial charge in [0.25, 0.3) is 5.97 Å². The predicted octanol–water partition coefficient (Wildman–Crippen LogP) is 4.07. The number of carbonyl (C=O) groups excluding carboxylic acids is 1. The van der Waals surface area contributed by atoms with E-state index < -0.39 is 11.8 Å². The molecule has 0 aliphatic heterocycles. The SMILES string of the molecule is CC(C)C(BC(=O)CCC1c2ccccc2-c2ccccc21)C(=O)O. The number of hydrogen-bond donors (Lipinski definition) is 1. The molecule has 25 heavy (non-hydrogen) atoms. The van der Waals surface area contributed by atoms with Crippen molar-refractivity contribution in [3.05, 3.63) is 59.7 Å². The third-order valence-corrected chi connectivity index (χ3v) is 5.24. The number of fused-ring (bicyclic) bond motifs is 3. The second kappa shape index (κ2) is 7.26. The molecule has 1 N–H and O–H groups in total. The maximum absolute atomic E-state index is 12.4. The molecule has 0 fully saturated rings. The molecular weight excluding hydrogens is 311 g/mol. The molecule has 1 atom stereocenters. The van der Waals surface area contributed by atoms with Crippen LogP contribution in [-0.4, -0.2) is 24.0 Å². The molecule has 0 radical (unpaired) electrons. The number of hydrogen-bond acceptors (Lipinski definition) is 2. The van der Waals surface area contributed by atoms with Gasteiger partial charge in [-0.1, -0.05) is 62.4 Å². The van der Waals surface area contributed by atoms with Gasteiger partial charge in [0.15, 0.2) is 0 Å². The number of rotatable bonds is 7. The maximum atomic E-state index is 12.4. The molecule has 0 saturated heterocycles. The van der Waals surface area contributed by atoms with Gasteiger partial charge < -0.3 is 9.90 Å². The standard InChI is InChI=1S/C21H23BO3/c1-13(2)20(21(24)25)22-19(23)12-11-18-16-9-5-3-7-14(16)15-8-4-6-10-17(15)18/h3-10,13,18,20,22H,11-12H2,1-2H3,(H,24,25). The number of aliphatic carboxylic acids is 1. The Morgan fingerprint density at radius 3 is 2.00 bits per heavy atom. The van der Waals surface area contributed by atoms with Crippen molar-refractivity contribution in [3.63, 3.8) is 0 Å². The van der Waals surface area contributed by atoms with E-state index in [1.54, 1.807) is 0 Å². The summed E-state index contributed by atoms with van der Waals surface area (Å²) in [5, 5.41) is 9.28. The Labute approximate surface area is 149 Å². The molecule has 128 valence electrons. The first-order chi connectivity index (χ1) is 12.0. The Morgan fingerprint density at radius 2 is 1.52 bits per heavy atom. The van der Waals surface area contributed by atoms with E-state index in [9.17, 15) is 14.7 Å². The lowest BCUT2D eigenvalue weighted by Gasteiger charge is -2.16. The van der Waals surface area contributed by atoms with Crippen LogP contribution in [-0.2, 0) is 9.59 Å². The smallest absolute Gasteiger partial charge is 0.299 e. The minimum Gasteiger partial charge on any atom is -0.482 e. The molecule has 1 aliphatic carbocycles. The minimum absolute atomic E-state index is 0.0330. The molecule has 0 aromatic heterocycles. The van der Waals surface area contributed by atoms with Crippen LogP contribution in [0.15, 0.2) is 48.5 Å². The van der Waals surface area contributed by atoms with Gasteiger partial charge in [0.2, 0.25) is 7.28 Å². The van der Waals surface area contributed by atoms with E-state index in [2.05, 4.69) is 24.3 Å². The molecule has 0 amide bonds. The van der Waals surface area contributed by atoms with Crippen molar-refractivity contribution in [2.75, 3.05) is 0 Å².